The highest BCUT2D eigenvalue weighted by Gasteiger charge is 2.21. The molecule has 106 valence electrons. The van der Waals surface area contributed by atoms with Gasteiger partial charge in [-0.3, -0.25) is 11.3 Å². The number of hydrazine groups is 1. The summed E-state index contributed by atoms with van der Waals surface area (Å²) in [7, 11) is 0. The van der Waals surface area contributed by atoms with Crippen molar-refractivity contribution >= 4 is 15.9 Å². The van der Waals surface area contributed by atoms with Crippen LogP contribution in [0.3, 0.4) is 0 Å². The SMILES string of the molecule is NNC(CC1CCCCCC1)c1cc(Br)ccc1F. The number of rotatable bonds is 4. The molecule has 1 unspecified atom stereocenters. The van der Waals surface area contributed by atoms with Gasteiger partial charge in [-0.25, -0.2) is 4.39 Å². The van der Waals surface area contributed by atoms with Crippen LogP contribution in [0.15, 0.2) is 22.7 Å². The average molecular weight is 329 g/mol. The third-order valence-corrected chi connectivity index (χ3v) is 4.57. The molecule has 0 radical (unpaired) electrons. The summed E-state index contributed by atoms with van der Waals surface area (Å²) >= 11 is 3.40. The normalized spacial score (nSPS) is 19.1. The highest BCUT2D eigenvalue weighted by atomic mass is 79.9. The molecule has 1 atom stereocenters. The van der Waals surface area contributed by atoms with Gasteiger partial charge in [0.15, 0.2) is 0 Å². The molecule has 0 aromatic heterocycles. The van der Waals surface area contributed by atoms with Crippen LogP contribution in [-0.2, 0) is 0 Å². The molecule has 1 aliphatic carbocycles. The van der Waals surface area contributed by atoms with Crippen LogP contribution >= 0.6 is 15.9 Å². The Bertz CT molecular complexity index is 403. The molecule has 0 heterocycles. The molecule has 0 saturated heterocycles. The second-order valence-corrected chi connectivity index (χ2v) is 6.39. The maximum atomic E-state index is 13.9. The van der Waals surface area contributed by atoms with Gasteiger partial charge in [0.1, 0.15) is 5.82 Å². The fourth-order valence-corrected chi connectivity index (χ4v) is 3.38. The number of halogens is 2. The zero-order valence-corrected chi connectivity index (χ0v) is 12.8. The van der Waals surface area contributed by atoms with Crippen LogP contribution in [0.2, 0.25) is 0 Å². The molecule has 4 heteroatoms. The Labute approximate surface area is 123 Å². The predicted octanol–water partition coefficient (Wildman–Crippen LogP) is 4.45. The highest BCUT2D eigenvalue weighted by molar-refractivity contribution is 9.10. The summed E-state index contributed by atoms with van der Waals surface area (Å²) in [6, 6.07) is 4.95. The van der Waals surface area contributed by atoms with Crippen LogP contribution in [0.1, 0.15) is 56.6 Å². The number of hydrogen-bond donors (Lipinski definition) is 2. The Hall–Kier alpha value is -0.450. The van der Waals surface area contributed by atoms with Gasteiger partial charge in [0, 0.05) is 16.1 Å². The maximum Gasteiger partial charge on any atom is 0.128 e. The Balaban J connectivity index is 2.08. The molecule has 0 bridgehead atoms. The lowest BCUT2D eigenvalue weighted by atomic mass is 9.89. The molecule has 1 aromatic rings. The van der Waals surface area contributed by atoms with Crippen molar-refractivity contribution in [1.82, 2.24) is 5.43 Å². The van der Waals surface area contributed by atoms with E-state index in [0.717, 1.165) is 10.9 Å². The first-order valence-electron chi connectivity index (χ1n) is 7.12. The first kappa shape index (κ1) is 14.9. The number of nitrogens with one attached hydrogen (secondary N) is 1. The minimum Gasteiger partial charge on any atom is -0.271 e. The highest BCUT2D eigenvalue weighted by Crippen LogP contribution is 2.32. The van der Waals surface area contributed by atoms with Crippen molar-refractivity contribution in [3.05, 3.63) is 34.1 Å². The van der Waals surface area contributed by atoms with Gasteiger partial charge in [0.05, 0.1) is 0 Å². The smallest absolute Gasteiger partial charge is 0.128 e. The van der Waals surface area contributed by atoms with Crippen LogP contribution in [0.4, 0.5) is 4.39 Å². The van der Waals surface area contributed by atoms with Gasteiger partial charge < -0.3 is 0 Å². The topological polar surface area (TPSA) is 38.0 Å². The van der Waals surface area contributed by atoms with Crippen molar-refractivity contribution in [2.75, 3.05) is 0 Å². The molecular formula is C15H22BrFN2. The van der Waals surface area contributed by atoms with Crippen LogP contribution in [0, 0.1) is 11.7 Å². The summed E-state index contributed by atoms with van der Waals surface area (Å²) in [4.78, 5) is 0. The third kappa shape index (κ3) is 4.26. The Morgan fingerprint density at radius 2 is 1.95 bits per heavy atom. The summed E-state index contributed by atoms with van der Waals surface area (Å²) in [6.45, 7) is 0. The number of nitrogens with two attached hydrogens (primary N) is 1. The maximum absolute atomic E-state index is 13.9. The molecule has 1 fully saturated rings. The lowest BCUT2D eigenvalue weighted by molar-refractivity contribution is 0.352. The summed E-state index contributed by atoms with van der Waals surface area (Å²) in [5.74, 6) is 6.12. The molecule has 1 aliphatic rings. The second-order valence-electron chi connectivity index (χ2n) is 5.48. The number of hydrogen-bond acceptors (Lipinski definition) is 2. The van der Waals surface area contributed by atoms with Gasteiger partial charge in [-0.2, -0.15) is 0 Å². The summed E-state index contributed by atoms with van der Waals surface area (Å²) in [6.07, 6.45) is 8.67. The Morgan fingerprint density at radius 1 is 1.26 bits per heavy atom. The standard InChI is InChI=1S/C15H22BrFN2/c16-12-7-8-14(17)13(10-12)15(19-18)9-11-5-3-1-2-4-6-11/h7-8,10-11,15,19H,1-6,9,18H2. The lowest BCUT2D eigenvalue weighted by Crippen LogP contribution is -2.30. The Kier molecular flexibility index (Phi) is 5.79. The van der Waals surface area contributed by atoms with Crippen molar-refractivity contribution in [2.45, 2.75) is 51.0 Å². The van der Waals surface area contributed by atoms with E-state index in [4.69, 9.17) is 5.84 Å². The van der Waals surface area contributed by atoms with E-state index in [1.807, 2.05) is 6.07 Å². The molecule has 0 spiro atoms. The minimum absolute atomic E-state index is 0.0967. The third-order valence-electron chi connectivity index (χ3n) is 4.08. The van der Waals surface area contributed by atoms with Crippen molar-refractivity contribution in [3.63, 3.8) is 0 Å². The zero-order valence-electron chi connectivity index (χ0n) is 11.2. The van der Waals surface area contributed by atoms with E-state index in [2.05, 4.69) is 21.4 Å². The molecular weight excluding hydrogens is 307 g/mol. The predicted molar refractivity (Wildman–Crippen MR) is 80.0 cm³/mol. The second kappa shape index (κ2) is 7.36. The quantitative estimate of drug-likeness (QED) is 0.486. The first-order chi connectivity index (χ1) is 9.20. The van der Waals surface area contributed by atoms with Crippen molar-refractivity contribution in [1.29, 1.82) is 0 Å². The zero-order chi connectivity index (χ0) is 13.7. The number of benzene rings is 1. The van der Waals surface area contributed by atoms with E-state index >= 15 is 0 Å². The minimum atomic E-state index is -0.181. The van der Waals surface area contributed by atoms with Gasteiger partial charge >= 0.3 is 0 Å². The van der Waals surface area contributed by atoms with Crippen molar-refractivity contribution < 1.29 is 4.39 Å². The summed E-state index contributed by atoms with van der Waals surface area (Å²) in [5.41, 5.74) is 3.46. The molecule has 0 aliphatic heterocycles. The van der Waals surface area contributed by atoms with E-state index in [1.54, 1.807) is 6.07 Å². The monoisotopic (exact) mass is 328 g/mol. The van der Waals surface area contributed by atoms with Gasteiger partial charge in [0.25, 0.3) is 0 Å². The molecule has 1 aromatic carbocycles. The van der Waals surface area contributed by atoms with Crippen LogP contribution in [0.25, 0.3) is 0 Å². The average Bonchev–Trinajstić information content (AvgIpc) is 2.67. The molecule has 2 rings (SSSR count). The lowest BCUT2D eigenvalue weighted by Gasteiger charge is -2.23. The van der Waals surface area contributed by atoms with Crippen LogP contribution in [0.5, 0.6) is 0 Å². The van der Waals surface area contributed by atoms with Gasteiger partial charge in [-0.1, -0.05) is 54.5 Å². The van der Waals surface area contributed by atoms with E-state index < -0.39 is 0 Å². The van der Waals surface area contributed by atoms with E-state index in [0.29, 0.717) is 11.5 Å². The van der Waals surface area contributed by atoms with Gasteiger partial charge in [-0.05, 0) is 30.5 Å². The fraction of sp³-hybridized carbons (Fsp3) is 0.600. The largest absolute Gasteiger partial charge is 0.271 e. The summed E-state index contributed by atoms with van der Waals surface area (Å²) < 4.78 is 14.8. The fourth-order valence-electron chi connectivity index (χ4n) is 3.00. The van der Waals surface area contributed by atoms with E-state index in [1.165, 1.54) is 44.6 Å². The molecule has 19 heavy (non-hydrogen) atoms. The van der Waals surface area contributed by atoms with Crippen molar-refractivity contribution in [2.24, 2.45) is 11.8 Å². The van der Waals surface area contributed by atoms with E-state index in [9.17, 15) is 4.39 Å². The molecule has 3 N–H and O–H groups in total. The molecule has 1 saturated carbocycles. The molecule has 2 nitrogen and oxygen atoms in total. The molecule has 0 amide bonds. The van der Waals surface area contributed by atoms with Crippen LogP contribution in [-0.4, -0.2) is 0 Å². The van der Waals surface area contributed by atoms with E-state index in [-0.39, 0.29) is 11.9 Å². The van der Waals surface area contributed by atoms with Gasteiger partial charge in [-0.15, -0.1) is 0 Å². The Morgan fingerprint density at radius 3 is 2.58 bits per heavy atom. The first-order valence-corrected chi connectivity index (χ1v) is 7.91. The van der Waals surface area contributed by atoms with Crippen LogP contribution < -0.4 is 11.3 Å². The summed E-state index contributed by atoms with van der Waals surface area (Å²) in [5, 5.41) is 0. The van der Waals surface area contributed by atoms with Crippen molar-refractivity contribution in [3.8, 4) is 0 Å². The van der Waals surface area contributed by atoms with Gasteiger partial charge in [0.2, 0.25) is 0 Å².